The monoisotopic (exact) mass is 301 g/mol. The highest BCUT2D eigenvalue weighted by Crippen LogP contribution is 2.26. The maximum absolute atomic E-state index is 13.8. The van der Waals surface area contributed by atoms with Crippen molar-refractivity contribution in [1.82, 2.24) is 4.98 Å². The molecular weight excluding hydrogens is 289 g/mol. The molecule has 0 fully saturated rings. The van der Waals surface area contributed by atoms with Gasteiger partial charge in [-0.15, -0.1) is 0 Å². The summed E-state index contributed by atoms with van der Waals surface area (Å²) in [7, 11) is 0. The zero-order chi connectivity index (χ0) is 14.8. The predicted molar refractivity (Wildman–Crippen MR) is 81.8 cm³/mol. The van der Waals surface area contributed by atoms with E-state index >= 15 is 0 Å². The van der Waals surface area contributed by atoms with Crippen molar-refractivity contribution in [3.8, 4) is 0 Å². The van der Waals surface area contributed by atoms with Crippen molar-refractivity contribution < 1.29 is 9.50 Å². The van der Waals surface area contributed by atoms with Crippen LogP contribution in [0.3, 0.4) is 0 Å². The Morgan fingerprint density at radius 2 is 1.95 bits per heavy atom. The Labute approximate surface area is 126 Å². The Hall–Kier alpha value is -1.97. The van der Waals surface area contributed by atoms with Crippen LogP contribution in [0, 0.1) is 5.82 Å². The van der Waals surface area contributed by atoms with Crippen molar-refractivity contribution in [1.29, 1.82) is 0 Å². The van der Waals surface area contributed by atoms with Crippen molar-refractivity contribution >= 4 is 22.4 Å². The molecule has 0 saturated carbocycles. The number of pyridine rings is 1. The van der Waals surface area contributed by atoms with Crippen LogP contribution in [0.5, 0.6) is 0 Å². The molecule has 0 radical (unpaired) electrons. The van der Waals surface area contributed by atoms with Crippen LogP contribution < -0.4 is 0 Å². The van der Waals surface area contributed by atoms with Gasteiger partial charge in [-0.2, -0.15) is 0 Å². The molecule has 1 atom stereocenters. The Morgan fingerprint density at radius 1 is 1.14 bits per heavy atom. The molecule has 0 amide bonds. The van der Waals surface area contributed by atoms with Crippen molar-refractivity contribution in [3.05, 3.63) is 76.8 Å². The van der Waals surface area contributed by atoms with Crippen molar-refractivity contribution in [2.75, 3.05) is 0 Å². The minimum Gasteiger partial charge on any atom is -0.386 e. The molecule has 0 aliphatic rings. The van der Waals surface area contributed by atoms with Crippen LogP contribution in [-0.2, 0) is 6.42 Å². The average molecular weight is 302 g/mol. The molecule has 4 heteroatoms. The fourth-order valence-corrected chi connectivity index (χ4v) is 2.61. The molecule has 0 aliphatic heterocycles. The summed E-state index contributed by atoms with van der Waals surface area (Å²) in [5.74, 6) is -0.376. The topological polar surface area (TPSA) is 33.1 Å². The van der Waals surface area contributed by atoms with Gasteiger partial charge in [0.15, 0.2) is 0 Å². The third-order valence-corrected chi connectivity index (χ3v) is 3.68. The van der Waals surface area contributed by atoms with Gasteiger partial charge >= 0.3 is 0 Å². The number of aliphatic hydroxyl groups excluding tert-OH is 1. The highest BCUT2D eigenvalue weighted by molar-refractivity contribution is 6.30. The number of benzene rings is 2. The minimum absolute atomic E-state index is 0.132. The summed E-state index contributed by atoms with van der Waals surface area (Å²) >= 11 is 5.88. The summed E-state index contributed by atoms with van der Waals surface area (Å²) in [6.45, 7) is 0. The second-order valence-corrected chi connectivity index (χ2v) is 5.31. The van der Waals surface area contributed by atoms with Crippen molar-refractivity contribution in [2.24, 2.45) is 0 Å². The molecule has 2 nitrogen and oxygen atoms in total. The van der Waals surface area contributed by atoms with Crippen molar-refractivity contribution in [3.63, 3.8) is 0 Å². The van der Waals surface area contributed by atoms with Gasteiger partial charge < -0.3 is 5.11 Å². The summed E-state index contributed by atoms with van der Waals surface area (Å²) in [6, 6.07) is 13.9. The molecule has 0 spiro atoms. The summed E-state index contributed by atoms with van der Waals surface area (Å²) in [5, 5.41) is 12.7. The van der Waals surface area contributed by atoms with Crippen LogP contribution in [0.2, 0.25) is 5.02 Å². The normalized spacial score (nSPS) is 12.5. The maximum atomic E-state index is 13.8. The first-order valence-corrected chi connectivity index (χ1v) is 6.98. The number of rotatable bonds is 3. The number of nitrogens with zero attached hydrogens (tertiary/aromatic N) is 1. The molecule has 1 unspecified atom stereocenters. The van der Waals surface area contributed by atoms with E-state index in [-0.39, 0.29) is 12.2 Å². The van der Waals surface area contributed by atoms with E-state index in [0.717, 1.165) is 10.8 Å². The zero-order valence-electron chi connectivity index (χ0n) is 11.1. The number of aliphatic hydroxyl groups is 1. The summed E-state index contributed by atoms with van der Waals surface area (Å²) < 4.78 is 13.8. The second-order valence-electron chi connectivity index (χ2n) is 4.87. The van der Waals surface area contributed by atoms with Gasteiger partial charge in [0.2, 0.25) is 0 Å². The van der Waals surface area contributed by atoms with E-state index < -0.39 is 6.10 Å². The van der Waals surface area contributed by atoms with E-state index in [2.05, 4.69) is 4.98 Å². The van der Waals surface area contributed by atoms with Gasteiger partial charge in [0.05, 0.1) is 5.69 Å². The highest BCUT2D eigenvalue weighted by Gasteiger charge is 2.15. The first-order valence-electron chi connectivity index (χ1n) is 6.61. The zero-order valence-corrected chi connectivity index (χ0v) is 11.9. The number of fused-ring (bicyclic) bond motifs is 1. The second kappa shape index (κ2) is 5.80. The number of halogens is 2. The summed E-state index contributed by atoms with van der Waals surface area (Å²) in [5.41, 5.74) is 0.928. The van der Waals surface area contributed by atoms with Gasteiger partial charge in [-0.3, -0.25) is 4.98 Å². The van der Waals surface area contributed by atoms with Gasteiger partial charge in [-0.25, -0.2) is 4.39 Å². The quantitative estimate of drug-likeness (QED) is 0.782. The summed E-state index contributed by atoms with van der Waals surface area (Å²) in [4.78, 5) is 4.25. The Bertz CT molecular complexity index is 785. The fourth-order valence-electron chi connectivity index (χ4n) is 2.41. The first kappa shape index (κ1) is 14.0. The molecule has 21 heavy (non-hydrogen) atoms. The average Bonchev–Trinajstić information content (AvgIpc) is 2.50. The molecule has 3 aromatic rings. The molecule has 0 saturated heterocycles. The highest BCUT2D eigenvalue weighted by atomic mass is 35.5. The van der Waals surface area contributed by atoms with Crippen LogP contribution >= 0.6 is 11.6 Å². The van der Waals surface area contributed by atoms with Gasteiger partial charge in [-0.1, -0.05) is 35.9 Å². The van der Waals surface area contributed by atoms with Gasteiger partial charge in [0, 0.05) is 23.0 Å². The van der Waals surface area contributed by atoms with E-state index in [1.165, 1.54) is 18.2 Å². The van der Waals surface area contributed by atoms with Crippen LogP contribution in [0.1, 0.15) is 17.4 Å². The summed E-state index contributed by atoms with van der Waals surface area (Å²) in [6.07, 6.45) is 0.895. The smallest absolute Gasteiger partial charge is 0.126 e. The van der Waals surface area contributed by atoms with Crippen LogP contribution in [0.25, 0.3) is 10.8 Å². The van der Waals surface area contributed by atoms with Crippen LogP contribution in [0.4, 0.5) is 4.39 Å². The van der Waals surface area contributed by atoms with Crippen LogP contribution in [0.15, 0.2) is 54.7 Å². The predicted octanol–water partition coefficient (Wildman–Crippen LogP) is 4.30. The SMILES string of the molecule is OC(Cc1cc(Cl)ccc1F)c1nccc2ccccc12. The van der Waals surface area contributed by atoms with Gasteiger partial charge in [0.25, 0.3) is 0 Å². The maximum Gasteiger partial charge on any atom is 0.126 e. The third-order valence-electron chi connectivity index (χ3n) is 3.44. The third kappa shape index (κ3) is 2.89. The number of aromatic nitrogens is 1. The lowest BCUT2D eigenvalue weighted by Crippen LogP contribution is -2.06. The van der Waals surface area contributed by atoms with Crippen LogP contribution in [-0.4, -0.2) is 10.1 Å². The van der Waals surface area contributed by atoms with E-state index in [9.17, 15) is 9.50 Å². The molecule has 2 aromatic carbocycles. The fraction of sp³-hybridized carbons (Fsp3) is 0.118. The van der Waals surface area contributed by atoms with Gasteiger partial charge in [0.1, 0.15) is 11.9 Å². The molecule has 1 heterocycles. The van der Waals surface area contributed by atoms with E-state index in [0.29, 0.717) is 16.3 Å². The molecule has 0 aliphatic carbocycles. The lowest BCUT2D eigenvalue weighted by Gasteiger charge is -2.13. The standard InChI is InChI=1S/C17H13ClFNO/c18-13-5-6-15(19)12(9-13)10-16(21)17-14-4-2-1-3-11(14)7-8-20-17/h1-9,16,21H,10H2. The lowest BCUT2D eigenvalue weighted by molar-refractivity contribution is 0.174. The molecule has 106 valence electrons. The Morgan fingerprint density at radius 3 is 2.81 bits per heavy atom. The molecule has 1 aromatic heterocycles. The molecule has 1 N–H and O–H groups in total. The van der Waals surface area contributed by atoms with E-state index in [1.807, 2.05) is 30.3 Å². The lowest BCUT2D eigenvalue weighted by atomic mass is 10.0. The van der Waals surface area contributed by atoms with E-state index in [1.54, 1.807) is 6.20 Å². The van der Waals surface area contributed by atoms with Crippen molar-refractivity contribution in [2.45, 2.75) is 12.5 Å². The Balaban J connectivity index is 1.97. The molecule has 0 bridgehead atoms. The van der Waals surface area contributed by atoms with Gasteiger partial charge in [-0.05, 0) is 35.2 Å². The molecule has 3 rings (SSSR count). The number of hydrogen-bond acceptors (Lipinski definition) is 2. The Kier molecular flexibility index (Phi) is 3.86. The number of hydrogen-bond donors (Lipinski definition) is 1. The van der Waals surface area contributed by atoms with E-state index in [4.69, 9.17) is 11.6 Å². The molecular formula is C17H13ClFNO. The minimum atomic E-state index is -0.885. The largest absolute Gasteiger partial charge is 0.386 e. The first-order chi connectivity index (χ1) is 10.1.